The fourth-order valence-corrected chi connectivity index (χ4v) is 13.6. The van der Waals surface area contributed by atoms with Crippen LogP contribution in [0.1, 0.15) is 444 Å². The molecule has 10 heteroatoms. The van der Waals surface area contributed by atoms with Crippen LogP contribution in [0.3, 0.4) is 0 Å². The van der Waals surface area contributed by atoms with E-state index in [-0.39, 0.29) is 25.6 Å². The van der Waals surface area contributed by atoms with E-state index in [1.807, 2.05) is 21.1 Å². The zero-order chi connectivity index (χ0) is 67.6. The third kappa shape index (κ3) is 79.4. The van der Waals surface area contributed by atoms with E-state index in [1.165, 1.54) is 372 Å². The maximum Gasteiger partial charge on any atom is 0.472 e. The highest BCUT2D eigenvalue weighted by Crippen LogP contribution is 2.43. The smallest absolute Gasteiger partial charge is 0.462 e. The highest BCUT2D eigenvalue weighted by Gasteiger charge is 2.27. The molecule has 552 valence electrons. The Morgan fingerprint density at radius 3 is 0.849 bits per heavy atom. The monoisotopic (exact) mass is 1330 g/mol. The topological polar surface area (TPSA) is 108 Å². The normalized spacial score (nSPS) is 13.1. The minimum Gasteiger partial charge on any atom is -0.462 e. The number of unbranched alkanes of at least 4 members (excludes halogenated alkanes) is 61. The van der Waals surface area contributed by atoms with Crippen LogP contribution in [0.25, 0.3) is 0 Å². The lowest BCUT2D eigenvalue weighted by Gasteiger charge is -2.24. The van der Waals surface area contributed by atoms with Crippen LogP contribution < -0.4 is 0 Å². The predicted molar refractivity (Wildman–Crippen MR) is 404 cm³/mol. The number of hydrogen-bond acceptors (Lipinski definition) is 7. The largest absolute Gasteiger partial charge is 0.472 e. The van der Waals surface area contributed by atoms with Crippen LogP contribution in [0.15, 0.2) is 24.3 Å². The van der Waals surface area contributed by atoms with Crippen LogP contribution in [-0.4, -0.2) is 74.9 Å². The lowest BCUT2D eigenvalue weighted by molar-refractivity contribution is -0.870. The molecule has 0 aromatic rings. The molecule has 0 rings (SSSR count). The number of esters is 2. The molecule has 0 aliphatic heterocycles. The van der Waals surface area contributed by atoms with E-state index in [1.54, 1.807) is 0 Å². The van der Waals surface area contributed by atoms with Gasteiger partial charge >= 0.3 is 19.8 Å². The number of carbonyl (C=O) groups excluding carboxylic acids is 2. The van der Waals surface area contributed by atoms with Crippen molar-refractivity contribution in [2.75, 3.05) is 47.5 Å². The Labute approximate surface area is 580 Å². The highest BCUT2D eigenvalue weighted by molar-refractivity contribution is 7.47. The van der Waals surface area contributed by atoms with Crippen molar-refractivity contribution in [2.24, 2.45) is 0 Å². The van der Waals surface area contributed by atoms with E-state index in [4.69, 9.17) is 18.5 Å². The molecule has 0 saturated carbocycles. The number of ether oxygens (including phenoxy) is 2. The number of quaternary nitrogens is 1. The zero-order valence-corrected chi connectivity index (χ0v) is 64.2. The molecule has 0 fully saturated rings. The van der Waals surface area contributed by atoms with Gasteiger partial charge in [-0.25, -0.2) is 4.57 Å². The molecule has 0 aliphatic rings. The molecule has 0 aromatic carbocycles. The molecule has 1 N–H and O–H groups in total. The molecule has 0 heterocycles. The van der Waals surface area contributed by atoms with Crippen LogP contribution in [-0.2, 0) is 32.7 Å². The predicted octanol–water partition coefficient (Wildman–Crippen LogP) is 27.6. The van der Waals surface area contributed by atoms with Crippen LogP contribution in [0.2, 0.25) is 0 Å². The number of likely N-dealkylation sites (N-methyl/N-ethyl adjacent to an activating group) is 1. The lowest BCUT2D eigenvalue weighted by atomic mass is 10.0. The van der Waals surface area contributed by atoms with Crippen molar-refractivity contribution in [3.8, 4) is 0 Å². The summed E-state index contributed by atoms with van der Waals surface area (Å²) in [7, 11) is 1.50. The lowest BCUT2D eigenvalue weighted by Crippen LogP contribution is -2.37. The van der Waals surface area contributed by atoms with Gasteiger partial charge in [-0.1, -0.05) is 411 Å². The Morgan fingerprint density at radius 2 is 0.581 bits per heavy atom. The number of hydrogen-bond donors (Lipinski definition) is 1. The van der Waals surface area contributed by atoms with Gasteiger partial charge < -0.3 is 18.9 Å². The van der Waals surface area contributed by atoms with E-state index >= 15 is 0 Å². The summed E-state index contributed by atoms with van der Waals surface area (Å²) < 4.78 is 34.8. The van der Waals surface area contributed by atoms with Gasteiger partial charge in [-0.2, -0.15) is 0 Å². The van der Waals surface area contributed by atoms with Crippen molar-refractivity contribution in [1.29, 1.82) is 0 Å². The second-order valence-corrected chi connectivity index (χ2v) is 31.3. The average Bonchev–Trinajstić information content (AvgIpc) is 2.61. The molecule has 2 atom stereocenters. The molecule has 0 amide bonds. The fourth-order valence-electron chi connectivity index (χ4n) is 12.9. The number of phosphoric ester groups is 1. The standard InChI is InChI=1S/C83H162NO8P/c1-6-8-10-12-14-16-18-20-22-24-26-28-30-32-34-36-37-38-39-40-41-42-43-44-45-46-48-49-51-53-55-57-59-61-63-65-67-69-71-73-75-82(85)89-79-81(80-91-93(87,88)90-78-77-84(3,4)5)92-83(86)76-74-72-70-68-66-64-62-60-58-56-54-52-50-47-35-33-31-29-27-25-23-21-19-17-15-13-11-9-7-2/h19,21,25,27,81H,6-18,20,22-24,26,28-80H2,1-5H3/p+1/b21-19-,27-25-. The van der Waals surface area contributed by atoms with E-state index in [2.05, 4.69) is 38.2 Å². The van der Waals surface area contributed by atoms with Crippen molar-refractivity contribution in [3.05, 3.63) is 24.3 Å². The highest BCUT2D eigenvalue weighted by atomic mass is 31.2. The van der Waals surface area contributed by atoms with Gasteiger partial charge in [0.1, 0.15) is 19.8 Å². The molecular weight excluding hydrogens is 1170 g/mol. The minimum atomic E-state index is -4.39. The summed E-state index contributed by atoms with van der Waals surface area (Å²) in [5.41, 5.74) is 0. The SMILES string of the molecule is CCCCCCC/C=C\C/C=C\CCCCCCCCCCCCCCCCCCCC(=O)OC(COC(=O)CCCCCCCCCCCCCCCCCCCCCCCCCCCCCCCCCCCCCCCCCC)COP(=O)(O)OCC[N+](C)(C)C. The molecule has 0 radical (unpaired) electrons. The Balaban J connectivity index is 3.85. The van der Waals surface area contributed by atoms with Gasteiger partial charge in [-0.3, -0.25) is 18.6 Å². The minimum absolute atomic E-state index is 0.0356. The van der Waals surface area contributed by atoms with Crippen LogP contribution in [0.5, 0.6) is 0 Å². The molecule has 9 nitrogen and oxygen atoms in total. The average molecular weight is 1330 g/mol. The van der Waals surface area contributed by atoms with E-state index in [9.17, 15) is 19.0 Å². The van der Waals surface area contributed by atoms with Crippen molar-refractivity contribution in [2.45, 2.75) is 450 Å². The molecular formula is C83H163NO8P+. The second-order valence-electron chi connectivity index (χ2n) is 29.9. The molecule has 0 saturated heterocycles. The van der Waals surface area contributed by atoms with Gasteiger partial charge in [0.2, 0.25) is 0 Å². The quantitative estimate of drug-likeness (QED) is 0.0211. The molecule has 93 heavy (non-hydrogen) atoms. The van der Waals surface area contributed by atoms with Crippen LogP contribution >= 0.6 is 7.82 Å². The van der Waals surface area contributed by atoms with Gasteiger partial charge in [-0.15, -0.1) is 0 Å². The molecule has 0 bridgehead atoms. The van der Waals surface area contributed by atoms with Gasteiger partial charge in [0, 0.05) is 12.8 Å². The summed E-state index contributed by atoms with van der Waals surface area (Å²) in [5, 5.41) is 0. The molecule has 2 unspecified atom stereocenters. The first kappa shape index (κ1) is 91.5. The van der Waals surface area contributed by atoms with Crippen LogP contribution in [0.4, 0.5) is 0 Å². The zero-order valence-electron chi connectivity index (χ0n) is 63.3. The van der Waals surface area contributed by atoms with Crippen molar-refractivity contribution >= 4 is 19.8 Å². The maximum atomic E-state index is 12.9. The summed E-state index contributed by atoms with van der Waals surface area (Å²) in [6.07, 6.45) is 96.4. The molecule has 0 aromatic heterocycles. The third-order valence-corrected chi connectivity index (χ3v) is 20.2. The van der Waals surface area contributed by atoms with Gasteiger partial charge in [0.05, 0.1) is 27.7 Å². The summed E-state index contributed by atoms with van der Waals surface area (Å²) in [5.74, 6) is -0.770. The van der Waals surface area contributed by atoms with E-state index < -0.39 is 26.5 Å². The van der Waals surface area contributed by atoms with Crippen molar-refractivity contribution in [1.82, 2.24) is 0 Å². The van der Waals surface area contributed by atoms with E-state index in [0.717, 1.165) is 38.5 Å². The maximum absolute atomic E-state index is 12.9. The fraction of sp³-hybridized carbons (Fsp3) is 0.928. The number of allylic oxidation sites excluding steroid dienone is 4. The Kier molecular flexibility index (Phi) is 73.5. The van der Waals surface area contributed by atoms with E-state index in [0.29, 0.717) is 23.9 Å². The summed E-state index contributed by atoms with van der Waals surface area (Å²) in [6.45, 7) is 4.52. The van der Waals surface area contributed by atoms with Gasteiger partial charge in [0.15, 0.2) is 6.10 Å². The third-order valence-electron chi connectivity index (χ3n) is 19.2. The second kappa shape index (κ2) is 74.7. The van der Waals surface area contributed by atoms with Crippen molar-refractivity contribution < 1.29 is 42.1 Å². The number of carbonyl (C=O) groups is 2. The first-order valence-electron chi connectivity index (χ1n) is 41.6. The Morgan fingerprint density at radius 1 is 0.333 bits per heavy atom. The summed E-state index contributed by atoms with van der Waals surface area (Å²) in [6, 6.07) is 0. The van der Waals surface area contributed by atoms with Crippen molar-refractivity contribution in [3.63, 3.8) is 0 Å². The summed E-state index contributed by atoms with van der Waals surface area (Å²) >= 11 is 0. The number of phosphoric acid groups is 1. The number of nitrogens with zero attached hydrogens (tertiary/aromatic N) is 1. The molecule has 0 aliphatic carbocycles. The Bertz CT molecular complexity index is 1610. The molecule has 0 spiro atoms. The Hall–Kier alpha value is -1.51. The first-order valence-corrected chi connectivity index (χ1v) is 43.1. The summed E-state index contributed by atoms with van der Waals surface area (Å²) in [4.78, 5) is 36.0. The van der Waals surface area contributed by atoms with Crippen LogP contribution in [0, 0.1) is 0 Å². The van der Waals surface area contributed by atoms with Gasteiger partial charge in [0.25, 0.3) is 0 Å². The number of rotatable bonds is 79. The first-order chi connectivity index (χ1) is 45.5. The van der Waals surface area contributed by atoms with Gasteiger partial charge in [-0.05, 0) is 44.9 Å².